The quantitative estimate of drug-likeness (QED) is 0.693. The molecule has 5 heteroatoms. The van der Waals surface area contributed by atoms with Crippen molar-refractivity contribution in [1.29, 1.82) is 0 Å². The van der Waals surface area contributed by atoms with Gasteiger partial charge < -0.3 is 15.3 Å². The maximum Gasteiger partial charge on any atom is 0.262 e. The van der Waals surface area contributed by atoms with Crippen LogP contribution in [-0.2, 0) is 4.79 Å². The molecule has 28 heavy (non-hydrogen) atoms. The summed E-state index contributed by atoms with van der Waals surface area (Å²) >= 11 is 1.54. The van der Waals surface area contributed by atoms with Crippen LogP contribution in [-0.4, -0.2) is 27.5 Å². The molecule has 146 valence electrons. The van der Waals surface area contributed by atoms with Gasteiger partial charge in [-0.15, -0.1) is 0 Å². The molecule has 1 aliphatic carbocycles. The fourth-order valence-electron chi connectivity index (χ4n) is 4.12. The van der Waals surface area contributed by atoms with Gasteiger partial charge >= 0.3 is 0 Å². The number of hydrogen-bond donors (Lipinski definition) is 2. The number of nitrogens with one attached hydrogen (secondary N) is 1. The summed E-state index contributed by atoms with van der Waals surface area (Å²) in [7, 11) is 0. The lowest BCUT2D eigenvalue weighted by molar-refractivity contribution is -0.129. The van der Waals surface area contributed by atoms with Crippen molar-refractivity contribution in [1.82, 2.24) is 4.90 Å². The predicted octanol–water partition coefficient (Wildman–Crippen LogP) is 5.28. The van der Waals surface area contributed by atoms with Crippen molar-refractivity contribution in [3.8, 4) is 5.75 Å². The second-order valence-corrected chi connectivity index (χ2v) is 8.71. The number of amides is 1. The highest BCUT2D eigenvalue weighted by Gasteiger charge is 2.42. The number of para-hydroxylation sites is 2. The molecule has 0 aromatic heterocycles. The van der Waals surface area contributed by atoms with Crippen LogP contribution in [0.3, 0.4) is 0 Å². The second kappa shape index (κ2) is 8.31. The number of phenols is 1. The predicted molar refractivity (Wildman–Crippen MR) is 116 cm³/mol. The zero-order valence-corrected chi connectivity index (χ0v) is 16.9. The molecule has 1 unspecified atom stereocenters. The Morgan fingerprint density at radius 1 is 1.07 bits per heavy atom. The van der Waals surface area contributed by atoms with Crippen molar-refractivity contribution in [2.75, 3.05) is 5.32 Å². The smallest absolute Gasteiger partial charge is 0.262 e. The number of phenolic OH excluding ortho intramolecular Hbond substituents is 1. The molecule has 2 fully saturated rings. The monoisotopic (exact) mass is 394 g/mol. The highest BCUT2D eigenvalue weighted by molar-refractivity contribution is 8.05. The molecule has 2 aromatic rings. The lowest BCUT2D eigenvalue weighted by Gasteiger charge is -2.39. The van der Waals surface area contributed by atoms with Crippen molar-refractivity contribution >= 4 is 29.4 Å². The third-order valence-corrected chi connectivity index (χ3v) is 6.76. The first-order valence-electron chi connectivity index (χ1n) is 9.94. The minimum Gasteiger partial charge on any atom is -0.507 e. The number of carbonyl (C=O) groups is 1. The van der Waals surface area contributed by atoms with Gasteiger partial charge in [0, 0.05) is 17.3 Å². The Balaban J connectivity index is 1.66. The van der Waals surface area contributed by atoms with E-state index in [1.54, 1.807) is 12.1 Å². The largest absolute Gasteiger partial charge is 0.507 e. The van der Waals surface area contributed by atoms with Gasteiger partial charge in [-0.3, -0.25) is 4.79 Å². The fourth-order valence-corrected chi connectivity index (χ4v) is 5.32. The van der Waals surface area contributed by atoms with Crippen LogP contribution in [0.5, 0.6) is 5.75 Å². The van der Waals surface area contributed by atoms with Crippen LogP contribution >= 0.6 is 11.8 Å². The third kappa shape index (κ3) is 3.90. The summed E-state index contributed by atoms with van der Waals surface area (Å²) in [5.74, 6) is 0.740. The van der Waals surface area contributed by atoms with Crippen LogP contribution in [0.4, 0.5) is 5.69 Å². The molecule has 1 saturated carbocycles. The Hall–Kier alpha value is -2.40. The van der Waals surface area contributed by atoms with E-state index < -0.39 is 0 Å². The summed E-state index contributed by atoms with van der Waals surface area (Å²) in [5, 5.41) is 13.7. The van der Waals surface area contributed by atoms with E-state index in [0.717, 1.165) is 18.5 Å². The number of aromatic hydroxyl groups is 1. The normalized spacial score (nSPS) is 26.6. The minimum absolute atomic E-state index is 0.0560. The zero-order chi connectivity index (χ0) is 19.5. The van der Waals surface area contributed by atoms with E-state index in [-0.39, 0.29) is 23.2 Å². The molecule has 2 N–H and O–H groups in total. The molecule has 0 bridgehead atoms. The standard InChI is InChI=1S/C23H26N2O2S/c1-16-9-5-7-13-19(16)25-22(27)21(15-17-10-6-8-14-20(17)26)28-23(25)24-18-11-3-2-4-12-18/h2-4,6,8,10-12,14-16,19,23-24,26H,5,7,9,13H2,1H3/b21-15-/t16-,19+,23?/m1/s1. The summed E-state index contributed by atoms with van der Waals surface area (Å²) in [4.78, 5) is 16.1. The molecule has 2 aliphatic rings. The molecule has 3 atom stereocenters. The molecular weight excluding hydrogens is 368 g/mol. The maximum absolute atomic E-state index is 13.4. The summed E-state index contributed by atoms with van der Waals surface area (Å²) < 4.78 is 0. The number of benzene rings is 2. The van der Waals surface area contributed by atoms with Gasteiger partial charge in [-0.2, -0.15) is 0 Å². The summed E-state index contributed by atoms with van der Waals surface area (Å²) in [6.45, 7) is 2.26. The van der Waals surface area contributed by atoms with Crippen LogP contribution in [0.25, 0.3) is 6.08 Å². The molecule has 4 rings (SSSR count). The molecule has 2 aromatic carbocycles. The van der Waals surface area contributed by atoms with E-state index >= 15 is 0 Å². The molecule has 0 spiro atoms. The first-order valence-corrected chi connectivity index (χ1v) is 10.8. The fraction of sp³-hybridized carbons (Fsp3) is 0.348. The van der Waals surface area contributed by atoms with Gasteiger partial charge in [-0.05, 0) is 43.0 Å². The Bertz CT molecular complexity index is 868. The number of anilines is 1. The first kappa shape index (κ1) is 18.9. The average Bonchev–Trinajstić information content (AvgIpc) is 3.00. The summed E-state index contributed by atoms with van der Waals surface area (Å²) in [5.41, 5.74) is 1.54. The number of hydrogen-bond acceptors (Lipinski definition) is 4. The van der Waals surface area contributed by atoms with Gasteiger partial charge in [0.15, 0.2) is 5.50 Å². The van der Waals surface area contributed by atoms with Crippen molar-refractivity contribution < 1.29 is 9.90 Å². The van der Waals surface area contributed by atoms with Gasteiger partial charge in [0.1, 0.15) is 5.75 Å². The molecule has 4 nitrogen and oxygen atoms in total. The lowest BCUT2D eigenvalue weighted by Crippen LogP contribution is -2.48. The SMILES string of the molecule is C[C@@H]1CCCC[C@@H]1N1C(=O)/C(=C/c2ccccc2O)SC1Nc1ccccc1. The van der Waals surface area contributed by atoms with Crippen LogP contribution in [0.2, 0.25) is 0 Å². The van der Waals surface area contributed by atoms with E-state index in [9.17, 15) is 9.90 Å². The van der Waals surface area contributed by atoms with E-state index in [0.29, 0.717) is 16.4 Å². The number of rotatable bonds is 4. The minimum atomic E-state index is -0.141. The van der Waals surface area contributed by atoms with Gasteiger partial charge in [0.25, 0.3) is 5.91 Å². The van der Waals surface area contributed by atoms with Crippen LogP contribution in [0.15, 0.2) is 59.5 Å². The van der Waals surface area contributed by atoms with E-state index in [1.807, 2.05) is 53.4 Å². The maximum atomic E-state index is 13.4. The number of nitrogens with zero attached hydrogens (tertiary/aromatic N) is 1. The van der Waals surface area contributed by atoms with E-state index in [4.69, 9.17) is 0 Å². The molecule has 1 saturated heterocycles. The highest BCUT2D eigenvalue weighted by Crippen LogP contribution is 2.42. The van der Waals surface area contributed by atoms with Gasteiger partial charge in [-0.25, -0.2) is 0 Å². The number of carbonyl (C=O) groups excluding carboxylic acids is 1. The van der Waals surface area contributed by atoms with Crippen molar-refractivity contribution in [2.24, 2.45) is 5.92 Å². The lowest BCUT2D eigenvalue weighted by atomic mass is 9.85. The Morgan fingerprint density at radius 2 is 1.79 bits per heavy atom. The van der Waals surface area contributed by atoms with Gasteiger partial charge in [0.05, 0.1) is 4.91 Å². The molecular formula is C23H26N2O2S. The summed E-state index contributed by atoms with van der Waals surface area (Å²) in [6.07, 6.45) is 6.43. The summed E-state index contributed by atoms with van der Waals surface area (Å²) in [6, 6.07) is 17.4. The average molecular weight is 395 g/mol. The van der Waals surface area contributed by atoms with Gasteiger partial charge in [-0.1, -0.05) is 67.9 Å². The second-order valence-electron chi connectivity index (χ2n) is 7.59. The van der Waals surface area contributed by atoms with Gasteiger partial charge in [0.2, 0.25) is 0 Å². The van der Waals surface area contributed by atoms with Crippen LogP contribution in [0.1, 0.15) is 38.2 Å². The molecule has 1 amide bonds. The van der Waals surface area contributed by atoms with Crippen LogP contribution in [0, 0.1) is 5.92 Å². The zero-order valence-electron chi connectivity index (χ0n) is 16.0. The van der Waals surface area contributed by atoms with Crippen LogP contribution < -0.4 is 5.32 Å². The van der Waals surface area contributed by atoms with Crippen molar-refractivity contribution in [2.45, 2.75) is 44.1 Å². The molecule has 1 aliphatic heterocycles. The van der Waals surface area contributed by atoms with E-state index in [2.05, 4.69) is 12.2 Å². The van der Waals surface area contributed by atoms with E-state index in [1.165, 1.54) is 24.6 Å². The topological polar surface area (TPSA) is 52.6 Å². The Labute approximate surface area is 170 Å². The van der Waals surface area contributed by atoms with Crippen molar-refractivity contribution in [3.05, 3.63) is 65.1 Å². The van der Waals surface area contributed by atoms with Crippen molar-refractivity contribution in [3.63, 3.8) is 0 Å². The Morgan fingerprint density at radius 3 is 2.54 bits per heavy atom. The third-order valence-electron chi connectivity index (χ3n) is 5.65. The molecule has 1 heterocycles. The highest BCUT2D eigenvalue weighted by atomic mass is 32.2. The molecule has 0 radical (unpaired) electrons. The first-order chi connectivity index (χ1) is 13.6. The Kier molecular flexibility index (Phi) is 5.62. The number of thioether (sulfide) groups is 1.